The standard InChI is InChI=1S/C17H35NO/c1-3-4-5-6-7-8-9-10-11-12-13-14-15-17(19)16(2)18/h16H,3-15,18H2,1-2H3/p+1/t16-/m0/s1. The highest BCUT2D eigenvalue weighted by atomic mass is 16.1. The highest BCUT2D eigenvalue weighted by Crippen LogP contribution is 2.12. The van der Waals surface area contributed by atoms with Crippen LogP contribution in [0, 0.1) is 0 Å². The molecule has 0 aromatic rings. The van der Waals surface area contributed by atoms with Crippen LogP contribution < -0.4 is 5.73 Å². The molecule has 0 saturated carbocycles. The van der Waals surface area contributed by atoms with E-state index < -0.39 is 0 Å². The number of carbonyl (C=O) groups excluding carboxylic acids is 1. The van der Waals surface area contributed by atoms with Crippen LogP contribution in [-0.2, 0) is 4.79 Å². The molecule has 0 aromatic carbocycles. The van der Waals surface area contributed by atoms with Crippen molar-refractivity contribution in [2.45, 2.75) is 103 Å². The first-order valence-corrected chi connectivity index (χ1v) is 8.54. The van der Waals surface area contributed by atoms with Crippen LogP contribution in [0.3, 0.4) is 0 Å². The lowest BCUT2D eigenvalue weighted by Gasteiger charge is -2.03. The second-order valence-electron chi connectivity index (χ2n) is 6.01. The molecule has 3 N–H and O–H groups in total. The summed E-state index contributed by atoms with van der Waals surface area (Å²) in [6.07, 6.45) is 16.9. The third-order valence-electron chi connectivity index (χ3n) is 3.83. The Hall–Kier alpha value is -0.370. The molecule has 0 saturated heterocycles. The maximum atomic E-state index is 11.4. The molecule has 0 bridgehead atoms. The van der Waals surface area contributed by atoms with Crippen molar-refractivity contribution in [1.82, 2.24) is 0 Å². The monoisotopic (exact) mass is 270 g/mol. The molecule has 0 fully saturated rings. The highest BCUT2D eigenvalue weighted by molar-refractivity contribution is 5.81. The van der Waals surface area contributed by atoms with Crippen molar-refractivity contribution >= 4 is 5.78 Å². The number of hydrogen-bond acceptors (Lipinski definition) is 1. The van der Waals surface area contributed by atoms with E-state index in [-0.39, 0.29) is 6.04 Å². The molecule has 0 radical (unpaired) electrons. The van der Waals surface area contributed by atoms with Crippen molar-refractivity contribution < 1.29 is 10.5 Å². The largest absolute Gasteiger partial charge is 0.349 e. The van der Waals surface area contributed by atoms with Gasteiger partial charge in [-0.2, -0.15) is 0 Å². The Bertz CT molecular complexity index is 201. The van der Waals surface area contributed by atoms with E-state index >= 15 is 0 Å². The van der Waals surface area contributed by atoms with Crippen LogP contribution in [0.5, 0.6) is 0 Å². The molecule has 0 unspecified atom stereocenters. The quantitative estimate of drug-likeness (QED) is 0.470. The van der Waals surface area contributed by atoms with Gasteiger partial charge in [-0.25, -0.2) is 0 Å². The summed E-state index contributed by atoms with van der Waals surface area (Å²) in [6, 6.07) is -0.0206. The molecule has 0 aliphatic rings. The van der Waals surface area contributed by atoms with Gasteiger partial charge in [0.05, 0.1) is 0 Å². The van der Waals surface area contributed by atoms with Crippen LogP contribution in [0.25, 0.3) is 0 Å². The van der Waals surface area contributed by atoms with Gasteiger partial charge in [0.1, 0.15) is 6.04 Å². The summed E-state index contributed by atoms with van der Waals surface area (Å²) in [4.78, 5) is 11.4. The average Bonchev–Trinajstić information content (AvgIpc) is 2.39. The molecule has 2 nitrogen and oxygen atoms in total. The summed E-state index contributed by atoms with van der Waals surface area (Å²) in [5.74, 6) is 0.326. The molecule has 1 atom stereocenters. The van der Waals surface area contributed by atoms with Crippen molar-refractivity contribution in [1.29, 1.82) is 0 Å². The van der Waals surface area contributed by atoms with Crippen molar-refractivity contribution in [3.05, 3.63) is 0 Å². The predicted molar refractivity (Wildman–Crippen MR) is 83.1 cm³/mol. The molecule has 19 heavy (non-hydrogen) atoms. The van der Waals surface area contributed by atoms with Crippen LogP contribution in [0.15, 0.2) is 0 Å². The molecule has 0 rings (SSSR count). The SMILES string of the molecule is CCCCCCCCCCCCCCC(=O)[C@H](C)[NH3+]. The van der Waals surface area contributed by atoms with Gasteiger partial charge in [0, 0.05) is 6.42 Å². The number of Topliss-reactive ketones (excluding diaryl/α,β-unsaturated/α-hetero) is 1. The van der Waals surface area contributed by atoms with Crippen molar-refractivity contribution in [3.8, 4) is 0 Å². The summed E-state index contributed by atoms with van der Waals surface area (Å²) < 4.78 is 0. The zero-order chi connectivity index (χ0) is 14.3. The molecule has 0 aliphatic heterocycles. The maximum Gasteiger partial charge on any atom is 0.189 e. The van der Waals surface area contributed by atoms with E-state index in [1.807, 2.05) is 6.92 Å². The third-order valence-corrected chi connectivity index (χ3v) is 3.83. The maximum absolute atomic E-state index is 11.4. The number of hydrogen-bond donors (Lipinski definition) is 1. The van der Waals surface area contributed by atoms with Crippen molar-refractivity contribution in [2.24, 2.45) is 0 Å². The topological polar surface area (TPSA) is 44.7 Å². The summed E-state index contributed by atoms with van der Waals surface area (Å²) in [5.41, 5.74) is 3.76. The second kappa shape index (κ2) is 14.0. The van der Waals surface area contributed by atoms with Gasteiger partial charge in [-0.15, -0.1) is 0 Å². The number of unbranched alkanes of at least 4 members (excludes halogenated alkanes) is 11. The number of rotatable bonds is 14. The van der Waals surface area contributed by atoms with Crippen molar-refractivity contribution in [3.63, 3.8) is 0 Å². The molecular weight excluding hydrogens is 234 g/mol. The zero-order valence-corrected chi connectivity index (χ0v) is 13.4. The minimum atomic E-state index is -0.0206. The number of carbonyl (C=O) groups is 1. The van der Waals surface area contributed by atoms with Gasteiger partial charge in [0.2, 0.25) is 0 Å². The van der Waals surface area contributed by atoms with E-state index in [0.29, 0.717) is 5.78 Å². The average molecular weight is 270 g/mol. The third kappa shape index (κ3) is 13.9. The second-order valence-corrected chi connectivity index (χ2v) is 6.01. The minimum absolute atomic E-state index is 0.0206. The van der Waals surface area contributed by atoms with E-state index in [1.165, 1.54) is 70.6 Å². The first-order chi connectivity index (χ1) is 9.18. The van der Waals surface area contributed by atoms with Gasteiger partial charge >= 0.3 is 0 Å². The Balaban J connectivity index is 3.05. The fourth-order valence-corrected chi connectivity index (χ4v) is 2.39. The Morgan fingerprint density at radius 2 is 1.16 bits per heavy atom. The molecule has 2 heteroatoms. The lowest BCUT2D eigenvalue weighted by molar-refractivity contribution is -0.397. The number of ketones is 1. The Morgan fingerprint density at radius 3 is 1.53 bits per heavy atom. The fourth-order valence-electron chi connectivity index (χ4n) is 2.39. The van der Waals surface area contributed by atoms with E-state index in [0.717, 1.165) is 12.8 Å². The normalized spacial score (nSPS) is 12.6. The van der Waals surface area contributed by atoms with Crippen LogP contribution in [0.2, 0.25) is 0 Å². The van der Waals surface area contributed by atoms with Gasteiger partial charge in [-0.1, -0.05) is 77.6 Å². The molecular formula is C17H36NO+. The Labute approximate surface area is 120 Å². The zero-order valence-electron chi connectivity index (χ0n) is 13.4. The first-order valence-electron chi connectivity index (χ1n) is 8.54. The lowest BCUT2D eigenvalue weighted by Crippen LogP contribution is -2.63. The number of quaternary nitrogens is 1. The molecule has 0 aliphatic carbocycles. The summed E-state index contributed by atoms with van der Waals surface area (Å²) in [6.45, 7) is 4.16. The van der Waals surface area contributed by atoms with Gasteiger partial charge in [0.25, 0.3) is 0 Å². The summed E-state index contributed by atoms with van der Waals surface area (Å²) in [7, 11) is 0. The Kier molecular flexibility index (Phi) is 13.8. The van der Waals surface area contributed by atoms with Gasteiger partial charge in [-0.3, -0.25) is 4.79 Å². The smallest absolute Gasteiger partial charge is 0.189 e. The minimum Gasteiger partial charge on any atom is -0.349 e. The van der Waals surface area contributed by atoms with E-state index in [2.05, 4.69) is 12.7 Å². The van der Waals surface area contributed by atoms with E-state index in [4.69, 9.17) is 0 Å². The molecule has 0 heterocycles. The molecule has 0 aromatic heterocycles. The van der Waals surface area contributed by atoms with Crippen LogP contribution in [0.4, 0.5) is 0 Å². The van der Waals surface area contributed by atoms with Crippen molar-refractivity contribution in [2.75, 3.05) is 0 Å². The summed E-state index contributed by atoms with van der Waals surface area (Å²) >= 11 is 0. The van der Waals surface area contributed by atoms with Gasteiger partial charge < -0.3 is 5.73 Å². The summed E-state index contributed by atoms with van der Waals surface area (Å²) in [5, 5.41) is 0. The van der Waals surface area contributed by atoms with E-state index in [1.54, 1.807) is 0 Å². The lowest BCUT2D eigenvalue weighted by atomic mass is 10.0. The van der Waals surface area contributed by atoms with Crippen LogP contribution >= 0.6 is 0 Å². The molecule has 0 spiro atoms. The van der Waals surface area contributed by atoms with Crippen LogP contribution in [-0.4, -0.2) is 11.8 Å². The Morgan fingerprint density at radius 1 is 0.789 bits per heavy atom. The van der Waals surface area contributed by atoms with Gasteiger partial charge in [0.15, 0.2) is 5.78 Å². The highest BCUT2D eigenvalue weighted by Gasteiger charge is 2.09. The molecule has 0 amide bonds. The fraction of sp³-hybridized carbons (Fsp3) is 0.941. The van der Waals surface area contributed by atoms with Crippen LogP contribution in [0.1, 0.15) is 97.3 Å². The molecule has 114 valence electrons. The first kappa shape index (κ1) is 18.6. The van der Waals surface area contributed by atoms with Gasteiger partial charge in [-0.05, 0) is 13.3 Å². The van der Waals surface area contributed by atoms with E-state index in [9.17, 15) is 4.79 Å². The predicted octanol–water partition coefficient (Wildman–Crippen LogP) is 4.28.